The van der Waals surface area contributed by atoms with Crippen LogP contribution in [0.4, 0.5) is 0 Å². The molecule has 2 aromatic rings. The first kappa shape index (κ1) is 19.5. The summed E-state index contributed by atoms with van der Waals surface area (Å²) in [4.78, 5) is 42.6. The van der Waals surface area contributed by atoms with Crippen LogP contribution >= 0.6 is 11.3 Å². The number of esters is 2. The van der Waals surface area contributed by atoms with E-state index in [-0.39, 0.29) is 17.6 Å². The molecule has 0 fully saturated rings. The number of ketones is 1. The quantitative estimate of drug-likeness (QED) is 0.439. The second-order valence-corrected chi connectivity index (χ2v) is 6.66. The summed E-state index contributed by atoms with van der Waals surface area (Å²) >= 11 is 1.29. The van der Waals surface area contributed by atoms with Gasteiger partial charge in [0, 0.05) is 10.4 Å². The summed E-state index contributed by atoms with van der Waals surface area (Å²) in [5, 5.41) is 0.373. The number of hydrogen-bond acceptors (Lipinski definition) is 7. The van der Waals surface area contributed by atoms with Gasteiger partial charge in [0.05, 0.1) is 37.5 Å². The number of carbonyl (C=O) groups is 3. The largest absolute Gasteiger partial charge is 0.469 e. The molecule has 0 spiro atoms. The fourth-order valence-electron chi connectivity index (χ4n) is 2.28. The lowest BCUT2D eigenvalue weighted by atomic mass is 9.97. The van der Waals surface area contributed by atoms with E-state index in [2.05, 4.69) is 9.72 Å². The highest BCUT2D eigenvalue weighted by atomic mass is 32.1. The van der Waals surface area contributed by atoms with Crippen molar-refractivity contribution < 1.29 is 23.9 Å². The van der Waals surface area contributed by atoms with Crippen LogP contribution in [0.1, 0.15) is 32.4 Å². The van der Waals surface area contributed by atoms with E-state index in [0.29, 0.717) is 10.6 Å². The zero-order chi connectivity index (χ0) is 19.3. The van der Waals surface area contributed by atoms with Gasteiger partial charge in [0.25, 0.3) is 0 Å². The Morgan fingerprint density at radius 3 is 2.19 bits per heavy atom. The molecule has 0 amide bonds. The Bertz CT molecular complexity index is 848. The fourth-order valence-corrected chi connectivity index (χ4v) is 3.26. The molecule has 0 unspecified atom stereocenters. The first-order valence-corrected chi connectivity index (χ1v) is 8.63. The molecule has 0 aliphatic carbocycles. The Hall–Kier alpha value is -2.80. The third-order valence-electron chi connectivity index (χ3n) is 3.79. The van der Waals surface area contributed by atoms with Crippen LogP contribution in [-0.2, 0) is 19.1 Å². The molecule has 0 aliphatic rings. The summed E-state index contributed by atoms with van der Waals surface area (Å²) in [5.41, 5.74) is 1.14. The smallest absolute Gasteiger partial charge is 0.335 e. The van der Waals surface area contributed by atoms with Crippen molar-refractivity contribution in [2.24, 2.45) is 0 Å². The molecule has 0 N–H and O–H groups in total. The van der Waals surface area contributed by atoms with Crippen molar-refractivity contribution in [3.63, 3.8) is 0 Å². The van der Waals surface area contributed by atoms with E-state index in [4.69, 9.17) is 4.74 Å². The standard InChI is InChI=1S/C19H19NO5S/c1-11-12(2)26-18(20-11)16(17(22)13-8-6-5-7-9-13)14(19(23)25-4)10-15(21)24-3/h5-9H,10H2,1-4H3/b16-14+. The van der Waals surface area contributed by atoms with Crippen molar-refractivity contribution in [1.29, 1.82) is 0 Å². The number of benzene rings is 1. The third kappa shape index (κ3) is 4.23. The van der Waals surface area contributed by atoms with E-state index >= 15 is 0 Å². The molecular formula is C19H19NO5S. The summed E-state index contributed by atoms with van der Waals surface area (Å²) in [7, 11) is 2.41. The Kier molecular flexibility index (Phi) is 6.41. The lowest BCUT2D eigenvalue weighted by Crippen LogP contribution is -2.17. The molecular weight excluding hydrogens is 354 g/mol. The number of rotatable bonds is 6. The van der Waals surface area contributed by atoms with Gasteiger partial charge in [0.15, 0.2) is 5.78 Å². The van der Waals surface area contributed by atoms with Crippen molar-refractivity contribution in [3.05, 3.63) is 57.0 Å². The SMILES string of the molecule is COC(=O)C/C(C(=O)OC)=C(/C(=O)c1ccccc1)c1nc(C)c(C)s1. The lowest BCUT2D eigenvalue weighted by molar-refractivity contribution is -0.143. The number of nitrogens with zero attached hydrogens (tertiary/aromatic N) is 1. The number of hydrogen-bond donors (Lipinski definition) is 0. The Balaban J connectivity index is 2.72. The first-order chi connectivity index (χ1) is 12.4. The number of thiazole rings is 1. The molecule has 0 aliphatic heterocycles. The topological polar surface area (TPSA) is 82.6 Å². The van der Waals surface area contributed by atoms with E-state index in [1.165, 1.54) is 25.6 Å². The van der Waals surface area contributed by atoms with Crippen molar-refractivity contribution in [2.75, 3.05) is 14.2 Å². The highest BCUT2D eigenvalue weighted by molar-refractivity contribution is 7.13. The van der Waals surface area contributed by atoms with Gasteiger partial charge in [-0.1, -0.05) is 30.3 Å². The minimum absolute atomic E-state index is 0.0645. The molecule has 1 aromatic carbocycles. The number of aromatic nitrogens is 1. The summed E-state index contributed by atoms with van der Waals surface area (Å²) < 4.78 is 9.47. The van der Waals surface area contributed by atoms with Gasteiger partial charge in [-0.15, -0.1) is 11.3 Å². The predicted molar refractivity (Wildman–Crippen MR) is 97.9 cm³/mol. The molecule has 0 bridgehead atoms. The van der Waals surface area contributed by atoms with Gasteiger partial charge in [-0.05, 0) is 13.8 Å². The maximum atomic E-state index is 13.1. The molecule has 0 saturated heterocycles. The van der Waals surface area contributed by atoms with Crippen molar-refractivity contribution in [2.45, 2.75) is 20.3 Å². The van der Waals surface area contributed by atoms with Crippen LogP contribution in [0.5, 0.6) is 0 Å². The number of allylic oxidation sites excluding steroid dienone is 1. The van der Waals surface area contributed by atoms with Crippen LogP contribution in [0.2, 0.25) is 0 Å². The van der Waals surface area contributed by atoms with Gasteiger partial charge in [0.2, 0.25) is 0 Å². The summed E-state index contributed by atoms with van der Waals surface area (Å²) in [6, 6.07) is 8.52. The van der Waals surface area contributed by atoms with Gasteiger partial charge < -0.3 is 9.47 Å². The monoisotopic (exact) mass is 373 g/mol. The summed E-state index contributed by atoms with van der Waals surface area (Å²) in [6.45, 7) is 3.69. The van der Waals surface area contributed by atoms with Crippen LogP contribution in [0.3, 0.4) is 0 Å². The molecule has 6 nitrogen and oxygen atoms in total. The summed E-state index contributed by atoms with van der Waals surface area (Å²) in [5.74, 6) is -1.81. The van der Waals surface area contributed by atoms with Crippen molar-refractivity contribution in [3.8, 4) is 0 Å². The van der Waals surface area contributed by atoms with E-state index in [1.54, 1.807) is 30.3 Å². The van der Waals surface area contributed by atoms with E-state index in [1.807, 2.05) is 13.8 Å². The van der Waals surface area contributed by atoms with E-state index in [0.717, 1.165) is 10.6 Å². The normalized spacial score (nSPS) is 11.5. The minimum atomic E-state index is -0.764. The second kappa shape index (κ2) is 8.53. The van der Waals surface area contributed by atoms with Gasteiger partial charge >= 0.3 is 11.9 Å². The van der Waals surface area contributed by atoms with Gasteiger partial charge in [-0.2, -0.15) is 0 Å². The third-order valence-corrected chi connectivity index (χ3v) is 4.88. The lowest BCUT2D eigenvalue weighted by Gasteiger charge is -2.11. The molecule has 1 heterocycles. The number of Topliss-reactive ketones (excluding diaryl/α,β-unsaturated/α-hetero) is 1. The van der Waals surface area contributed by atoms with Crippen LogP contribution in [0.15, 0.2) is 35.9 Å². The predicted octanol–water partition coefficient (Wildman–Crippen LogP) is 3.13. The Labute approximate surface area is 155 Å². The van der Waals surface area contributed by atoms with Gasteiger partial charge in [-0.3, -0.25) is 9.59 Å². The molecule has 1 aromatic heterocycles. The maximum absolute atomic E-state index is 13.1. The number of methoxy groups -OCH3 is 2. The Morgan fingerprint density at radius 2 is 1.69 bits per heavy atom. The van der Waals surface area contributed by atoms with Crippen molar-refractivity contribution >= 4 is 34.6 Å². The highest BCUT2D eigenvalue weighted by Crippen LogP contribution is 2.31. The molecule has 2 rings (SSSR count). The first-order valence-electron chi connectivity index (χ1n) is 7.81. The van der Waals surface area contributed by atoms with E-state index < -0.39 is 17.7 Å². The van der Waals surface area contributed by atoms with Gasteiger partial charge in [-0.25, -0.2) is 9.78 Å². The van der Waals surface area contributed by atoms with Crippen LogP contribution < -0.4 is 0 Å². The molecule has 0 saturated carbocycles. The van der Waals surface area contributed by atoms with E-state index in [9.17, 15) is 14.4 Å². The average Bonchev–Trinajstić information content (AvgIpc) is 2.99. The molecule has 26 heavy (non-hydrogen) atoms. The number of aryl methyl sites for hydroxylation is 2. The zero-order valence-corrected chi connectivity index (χ0v) is 15.8. The van der Waals surface area contributed by atoms with Crippen LogP contribution in [0, 0.1) is 13.8 Å². The molecule has 136 valence electrons. The second-order valence-electron chi connectivity index (χ2n) is 5.45. The molecule has 0 atom stereocenters. The summed E-state index contributed by atoms with van der Waals surface area (Å²) in [6.07, 6.45) is -0.380. The number of ether oxygens (including phenoxy) is 2. The maximum Gasteiger partial charge on any atom is 0.335 e. The molecule has 7 heteroatoms. The molecule has 0 radical (unpaired) electrons. The van der Waals surface area contributed by atoms with Gasteiger partial charge in [0.1, 0.15) is 5.01 Å². The minimum Gasteiger partial charge on any atom is -0.469 e. The van der Waals surface area contributed by atoms with Crippen LogP contribution in [0.25, 0.3) is 5.57 Å². The highest BCUT2D eigenvalue weighted by Gasteiger charge is 2.28. The average molecular weight is 373 g/mol. The number of carbonyl (C=O) groups excluding carboxylic acids is 3. The fraction of sp³-hybridized carbons (Fsp3) is 0.263. The zero-order valence-electron chi connectivity index (χ0n) is 15.0. The Morgan fingerprint density at radius 1 is 1.04 bits per heavy atom. The van der Waals surface area contributed by atoms with Crippen molar-refractivity contribution in [1.82, 2.24) is 4.98 Å². The van der Waals surface area contributed by atoms with Crippen LogP contribution in [-0.4, -0.2) is 36.9 Å².